The van der Waals surface area contributed by atoms with Gasteiger partial charge >= 0.3 is 0 Å². The van der Waals surface area contributed by atoms with Crippen molar-refractivity contribution in [2.24, 2.45) is 5.73 Å². The second kappa shape index (κ2) is 2.81. The van der Waals surface area contributed by atoms with E-state index in [2.05, 4.69) is 26.0 Å². The molecule has 0 atom stereocenters. The maximum absolute atomic E-state index is 10.8. The van der Waals surface area contributed by atoms with Gasteiger partial charge in [-0.05, 0) is 28.1 Å². The van der Waals surface area contributed by atoms with E-state index in [1.54, 1.807) is 12.3 Å². The molecule has 2 aromatic heterocycles. The van der Waals surface area contributed by atoms with E-state index < -0.39 is 5.91 Å². The molecule has 0 fully saturated rings. The van der Waals surface area contributed by atoms with Gasteiger partial charge in [0, 0.05) is 6.20 Å². The first-order valence-corrected chi connectivity index (χ1v) is 4.28. The number of carbonyl (C=O) groups excluding carboxylic acids is 1. The minimum absolute atomic E-state index is 0.0203. The van der Waals surface area contributed by atoms with E-state index in [1.807, 2.05) is 6.07 Å². The van der Waals surface area contributed by atoms with Crippen molar-refractivity contribution in [1.82, 2.24) is 14.6 Å². The number of hydrogen-bond acceptors (Lipinski definition) is 3. The lowest BCUT2D eigenvalue weighted by atomic mass is 10.5. The van der Waals surface area contributed by atoms with Crippen molar-refractivity contribution in [3.05, 3.63) is 28.6 Å². The molecule has 2 rings (SSSR count). The summed E-state index contributed by atoms with van der Waals surface area (Å²) >= 11 is 3.28. The van der Waals surface area contributed by atoms with Crippen molar-refractivity contribution in [1.29, 1.82) is 0 Å². The number of primary amides is 1. The molecule has 2 N–H and O–H groups in total. The maximum Gasteiger partial charge on any atom is 0.288 e. The van der Waals surface area contributed by atoms with Crippen LogP contribution in [-0.2, 0) is 0 Å². The quantitative estimate of drug-likeness (QED) is 0.793. The Bertz CT molecular complexity index is 478. The van der Waals surface area contributed by atoms with Crippen LogP contribution >= 0.6 is 15.9 Å². The molecule has 0 saturated heterocycles. The van der Waals surface area contributed by atoms with E-state index in [1.165, 1.54) is 4.52 Å². The fourth-order valence-electron chi connectivity index (χ4n) is 0.978. The molecule has 2 heterocycles. The van der Waals surface area contributed by atoms with Crippen LogP contribution < -0.4 is 5.73 Å². The first-order chi connectivity index (χ1) is 6.18. The fourth-order valence-corrected chi connectivity index (χ4v) is 1.40. The van der Waals surface area contributed by atoms with Gasteiger partial charge in [-0.2, -0.15) is 0 Å². The Labute approximate surface area is 81.7 Å². The van der Waals surface area contributed by atoms with Gasteiger partial charge in [0.25, 0.3) is 5.91 Å². The van der Waals surface area contributed by atoms with Crippen LogP contribution in [0.1, 0.15) is 10.6 Å². The molecule has 0 saturated carbocycles. The molecule has 66 valence electrons. The van der Waals surface area contributed by atoms with E-state index in [4.69, 9.17) is 5.73 Å². The Hall–Kier alpha value is -1.43. The molecule has 0 aliphatic rings. The third-order valence-electron chi connectivity index (χ3n) is 1.54. The van der Waals surface area contributed by atoms with Crippen LogP contribution in [0.5, 0.6) is 0 Å². The van der Waals surface area contributed by atoms with Crippen molar-refractivity contribution in [3.63, 3.8) is 0 Å². The zero-order valence-corrected chi connectivity index (χ0v) is 8.02. The average Bonchev–Trinajstić information content (AvgIpc) is 2.49. The summed E-state index contributed by atoms with van der Waals surface area (Å²) in [5.41, 5.74) is 5.62. The summed E-state index contributed by atoms with van der Waals surface area (Å²) < 4.78 is 2.26. The van der Waals surface area contributed by atoms with Crippen molar-refractivity contribution >= 4 is 27.5 Å². The number of amides is 1. The van der Waals surface area contributed by atoms with Gasteiger partial charge in [-0.15, -0.1) is 5.10 Å². The van der Waals surface area contributed by atoms with Gasteiger partial charge in [0.2, 0.25) is 5.82 Å². The number of hydrogen-bond donors (Lipinski definition) is 1. The molecule has 5 nitrogen and oxygen atoms in total. The van der Waals surface area contributed by atoms with Crippen molar-refractivity contribution in [3.8, 4) is 0 Å². The molecular formula is C7H5BrN4O. The lowest BCUT2D eigenvalue weighted by molar-refractivity contribution is 0.0990. The van der Waals surface area contributed by atoms with Gasteiger partial charge in [0.05, 0.1) is 4.47 Å². The molecule has 6 heteroatoms. The normalized spacial score (nSPS) is 10.5. The highest BCUT2D eigenvalue weighted by molar-refractivity contribution is 9.10. The molecule has 0 bridgehead atoms. The van der Waals surface area contributed by atoms with E-state index in [-0.39, 0.29) is 5.82 Å². The first-order valence-electron chi connectivity index (χ1n) is 3.49. The van der Waals surface area contributed by atoms with Crippen LogP contribution in [0.2, 0.25) is 0 Å². The number of nitrogens with two attached hydrogens (primary N) is 1. The van der Waals surface area contributed by atoms with Crippen LogP contribution in [0.4, 0.5) is 0 Å². The summed E-state index contributed by atoms with van der Waals surface area (Å²) in [4.78, 5) is 14.7. The molecule has 0 aliphatic carbocycles. The highest BCUT2D eigenvalue weighted by Gasteiger charge is 2.09. The third-order valence-corrected chi connectivity index (χ3v) is 2.15. The zero-order valence-electron chi connectivity index (χ0n) is 6.44. The Morgan fingerprint density at radius 2 is 2.38 bits per heavy atom. The topological polar surface area (TPSA) is 73.3 Å². The van der Waals surface area contributed by atoms with E-state index in [0.717, 1.165) is 4.47 Å². The maximum atomic E-state index is 10.8. The Kier molecular flexibility index (Phi) is 1.77. The van der Waals surface area contributed by atoms with Crippen LogP contribution in [0, 0.1) is 0 Å². The predicted molar refractivity (Wildman–Crippen MR) is 49.2 cm³/mol. The number of pyridine rings is 1. The molecule has 0 aliphatic heterocycles. The lowest BCUT2D eigenvalue weighted by Gasteiger charge is -1.90. The van der Waals surface area contributed by atoms with Gasteiger partial charge in [-0.1, -0.05) is 0 Å². The lowest BCUT2D eigenvalue weighted by Crippen LogP contribution is -2.12. The minimum atomic E-state index is -0.629. The molecule has 2 aromatic rings. The standard InChI is InChI=1S/C7H5BrN4O/c8-4-2-1-3-12-7(4)10-6(11-12)5(9)13/h1-3H,(H2,9,13). The van der Waals surface area contributed by atoms with Crippen molar-refractivity contribution in [2.45, 2.75) is 0 Å². The highest BCUT2D eigenvalue weighted by atomic mass is 79.9. The summed E-state index contributed by atoms with van der Waals surface area (Å²) in [7, 11) is 0. The van der Waals surface area contributed by atoms with Gasteiger partial charge in [-0.25, -0.2) is 9.50 Å². The number of nitrogens with zero attached hydrogens (tertiary/aromatic N) is 3. The van der Waals surface area contributed by atoms with E-state index in [0.29, 0.717) is 5.65 Å². The molecule has 13 heavy (non-hydrogen) atoms. The minimum Gasteiger partial charge on any atom is -0.363 e. The second-order valence-electron chi connectivity index (χ2n) is 2.42. The molecular weight excluding hydrogens is 236 g/mol. The average molecular weight is 241 g/mol. The smallest absolute Gasteiger partial charge is 0.288 e. The van der Waals surface area contributed by atoms with Crippen LogP contribution in [0.3, 0.4) is 0 Å². The highest BCUT2D eigenvalue weighted by Crippen LogP contribution is 2.14. The van der Waals surface area contributed by atoms with Gasteiger partial charge in [0.1, 0.15) is 0 Å². The summed E-state index contributed by atoms with van der Waals surface area (Å²) in [5, 5.41) is 3.87. The summed E-state index contributed by atoms with van der Waals surface area (Å²) in [6.45, 7) is 0. The Morgan fingerprint density at radius 1 is 1.62 bits per heavy atom. The van der Waals surface area contributed by atoms with E-state index in [9.17, 15) is 4.79 Å². The first kappa shape index (κ1) is 8.18. The van der Waals surface area contributed by atoms with Crippen LogP contribution in [0.15, 0.2) is 22.8 Å². The molecule has 0 aromatic carbocycles. The van der Waals surface area contributed by atoms with Gasteiger partial charge < -0.3 is 5.73 Å². The van der Waals surface area contributed by atoms with E-state index >= 15 is 0 Å². The Morgan fingerprint density at radius 3 is 3.00 bits per heavy atom. The number of fused-ring (bicyclic) bond motifs is 1. The molecule has 0 spiro atoms. The number of aromatic nitrogens is 3. The largest absolute Gasteiger partial charge is 0.363 e. The molecule has 1 amide bonds. The van der Waals surface area contributed by atoms with Gasteiger partial charge in [0.15, 0.2) is 5.65 Å². The Balaban J connectivity index is 2.75. The SMILES string of the molecule is NC(=O)c1nc2c(Br)cccn2n1. The number of rotatable bonds is 1. The zero-order chi connectivity index (χ0) is 9.42. The monoisotopic (exact) mass is 240 g/mol. The summed E-state index contributed by atoms with van der Waals surface area (Å²) in [6.07, 6.45) is 1.69. The van der Waals surface area contributed by atoms with Crippen molar-refractivity contribution in [2.75, 3.05) is 0 Å². The second-order valence-corrected chi connectivity index (χ2v) is 3.28. The van der Waals surface area contributed by atoms with Gasteiger partial charge in [-0.3, -0.25) is 4.79 Å². The van der Waals surface area contributed by atoms with Crippen LogP contribution in [0.25, 0.3) is 5.65 Å². The summed E-state index contributed by atoms with van der Waals surface area (Å²) in [6, 6.07) is 3.60. The molecule has 0 unspecified atom stereocenters. The number of carbonyl (C=O) groups is 1. The summed E-state index contributed by atoms with van der Waals surface area (Å²) in [5.74, 6) is -0.609. The third kappa shape index (κ3) is 1.29. The molecule has 0 radical (unpaired) electrons. The fraction of sp³-hybridized carbons (Fsp3) is 0. The van der Waals surface area contributed by atoms with Crippen LogP contribution in [-0.4, -0.2) is 20.5 Å². The predicted octanol–water partition coefficient (Wildman–Crippen LogP) is 0.591. The van der Waals surface area contributed by atoms with Crippen molar-refractivity contribution < 1.29 is 4.79 Å². The number of halogens is 1.